The molecule has 0 aromatic heterocycles. The largest absolute Gasteiger partial charge is 0.490 e. The van der Waals surface area contributed by atoms with Gasteiger partial charge in [-0.15, -0.1) is 0 Å². The van der Waals surface area contributed by atoms with Gasteiger partial charge in [0, 0.05) is 16.0 Å². The molecule has 10 heteroatoms. The zero-order valence-electron chi connectivity index (χ0n) is 25.3. The monoisotopic (exact) mass is 670 g/mol. The maximum atomic E-state index is 14.8. The third-order valence-corrected chi connectivity index (χ3v) is 7.98. The number of aliphatic hydroxyl groups is 2. The Bertz CT molecular complexity index is 1440. The van der Waals surface area contributed by atoms with Gasteiger partial charge >= 0.3 is 6.09 Å². The van der Waals surface area contributed by atoms with Crippen LogP contribution >= 0.6 is 15.9 Å². The molecular formula is C34H40BrFN2O6. The Morgan fingerprint density at radius 2 is 1.80 bits per heavy atom. The molecule has 3 aromatic rings. The number of aliphatic hydroxyl groups excluding tert-OH is 2. The van der Waals surface area contributed by atoms with Gasteiger partial charge in [-0.2, -0.15) is 0 Å². The van der Waals surface area contributed by atoms with E-state index in [2.05, 4.69) is 26.6 Å². The van der Waals surface area contributed by atoms with Gasteiger partial charge in [0.25, 0.3) is 0 Å². The van der Waals surface area contributed by atoms with E-state index in [1.54, 1.807) is 45.0 Å². The first-order valence-corrected chi connectivity index (χ1v) is 15.5. The molecular weight excluding hydrogens is 631 g/mol. The smallest absolute Gasteiger partial charge is 0.407 e. The van der Waals surface area contributed by atoms with Gasteiger partial charge in [0.1, 0.15) is 29.9 Å². The molecule has 0 aliphatic carbocycles. The number of fused-ring (bicyclic) bond motifs is 1. The topological polar surface area (TPSA) is 117 Å². The van der Waals surface area contributed by atoms with Crippen LogP contribution < -0.4 is 15.4 Å². The van der Waals surface area contributed by atoms with E-state index in [1.807, 2.05) is 43.3 Å². The first-order valence-electron chi connectivity index (χ1n) is 14.7. The van der Waals surface area contributed by atoms with Crippen LogP contribution in [0, 0.1) is 18.7 Å². The molecule has 236 valence electrons. The number of nitrogens with one attached hydrogen (secondary N) is 2. The number of hydrogen-bond donors (Lipinski definition) is 4. The van der Waals surface area contributed by atoms with Gasteiger partial charge in [-0.1, -0.05) is 64.0 Å². The number of amides is 2. The minimum atomic E-state index is -1.21. The van der Waals surface area contributed by atoms with Crippen molar-refractivity contribution in [2.24, 2.45) is 5.92 Å². The highest BCUT2D eigenvalue weighted by molar-refractivity contribution is 9.10. The number of carbonyl (C=O) groups is 2. The van der Waals surface area contributed by atoms with Crippen LogP contribution in [-0.2, 0) is 22.4 Å². The molecule has 2 amide bonds. The van der Waals surface area contributed by atoms with Crippen molar-refractivity contribution < 1.29 is 33.7 Å². The van der Waals surface area contributed by atoms with Crippen LogP contribution in [0.4, 0.5) is 9.18 Å². The van der Waals surface area contributed by atoms with E-state index in [0.29, 0.717) is 16.9 Å². The Hall–Kier alpha value is -3.47. The van der Waals surface area contributed by atoms with Crippen molar-refractivity contribution in [3.63, 3.8) is 0 Å². The highest BCUT2D eigenvalue weighted by Gasteiger charge is 2.35. The Morgan fingerprint density at radius 3 is 2.48 bits per heavy atom. The molecule has 0 bridgehead atoms. The van der Waals surface area contributed by atoms with Gasteiger partial charge in [-0.05, 0) is 82.3 Å². The summed E-state index contributed by atoms with van der Waals surface area (Å²) in [4.78, 5) is 26.7. The molecule has 0 radical (unpaired) electrons. The molecule has 4 N–H and O–H groups in total. The summed E-state index contributed by atoms with van der Waals surface area (Å²) >= 11 is 3.42. The van der Waals surface area contributed by atoms with Crippen LogP contribution in [0.3, 0.4) is 0 Å². The van der Waals surface area contributed by atoms with E-state index in [1.165, 1.54) is 6.07 Å². The number of halogens is 2. The molecule has 4 rings (SSSR count). The number of rotatable bonds is 10. The fourth-order valence-electron chi connectivity index (χ4n) is 5.25. The van der Waals surface area contributed by atoms with Crippen LogP contribution in [-0.4, -0.2) is 52.7 Å². The third-order valence-electron chi connectivity index (χ3n) is 7.45. The minimum absolute atomic E-state index is 0.00329. The molecule has 0 spiro atoms. The molecule has 0 saturated carbocycles. The highest BCUT2D eigenvalue weighted by atomic mass is 79.9. The zero-order chi connectivity index (χ0) is 32.0. The lowest BCUT2D eigenvalue weighted by molar-refractivity contribution is -0.128. The number of hydrogen-bond acceptors (Lipinski definition) is 6. The lowest BCUT2D eigenvalue weighted by Crippen LogP contribution is -2.49. The molecule has 0 unspecified atom stereocenters. The number of ether oxygens (including phenoxy) is 2. The second kappa shape index (κ2) is 14.5. The number of alkyl carbamates (subject to hydrolysis) is 1. The van der Waals surface area contributed by atoms with Crippen LogP contribution in [0.5, 0.6) is 5.75 Å². The van der Waals surface area contributed by atoms with Gasteiger partial charge in [0.05, 0.1) is 18.2 Å². The average molecular weight is 672 g/mol. The molecule has 3 aromatic carbocycles. The molecule has 1 aliphatic heterocycles. The van der Waals surface area contributed by atoms with Crippen LogP contribution in [0.25, 0.3) is 0 Å². The summed E-state index contributed by atoms with van der Waals surface area (Å²) in [6.45, 7) is 7.13. The molecule has 5 atom stereocenters. The van der Waals surface area contributed by atoms with Crippen LogP contribution in [0.15, 0.2) is 71.2 Å². The van der Waals surface area contributed by atoms with Crippen LogP contribution in [0.2, 0.25) is 0 Å². The van der Waals surface area contributed by atoms with Gasteiger partial charge in [0.2, 0.25) is 5.91 Å². The van der Waals surface area contributed by atoms with Crippen molar-refractivity contribution in [2.45, 2.75) is 76.9 Å². The van der Waals surface area contributed by atoms with Gasteiger partial charge in [-0.3, -0.25) is 4.79 Å². The lowest BCUT2D eigenvalue weighted by atomic mass is 9.87. The summed E-state index contributed by atoms with van der Waals surface area (Å²) in [5.74, 6) is -1.28. The van der Waals surface area contributed by atoms with Gasteiger partial charge in [-0.25, -0.2) is 9.18 Å². The summed E-state index contributed by atoms with van der Waals surface area (Å²) in [7, 11) is 0. The van der Waals surface area contributed by atoms with Crippen LogP contribution in [0.1, 0.15) is 55.5 Å². The molecule has 44 heavy (non-hydrogen) atoms. The maximum Gasteiger partial charge on any atom is 0.407 e. The molecule has 0 saturated heterocycles. The van der Waals surface area contributed by atoms with Gasteiger partial charge in [0.15, 0.2) is 0 Å². The summed E-state index contributed by atoms with van der Waals surface area (Å²) in [5, 5.41) is 28.1. The first kappa shape index (κ1) is 33.4. The fraction of sp³-hybridized carbons (Fsp3) is 0.412. The normalized spacial score (nSPS) is 18.3. The van der Waals surface area contributed by atoms with Crippen molar-refractivity contribution in [3.05, 3.63) is 99.3 Å². The van der Waals surface area contributed by atoms with E-state index < -0.39 is 53.6 Å². The van der Waals surface area contributed by atoms with Crippen molar-refractivity contribution in [2.75, 3.05) is 6.61 Å². The summed E-state index contributed by atoms with van der Waals surface area (Å²) in [6, 6.07) is 17.6. The van der Waals surface area contributed by atoms with Gasteiger partial charge < -0.3 is 30.3 Å². The Morgan fingerprint density at radius 1 is 1.09 bits per heavy atom. The quantitative estimate of drug-likeness (QED) is 0.225. The molecule has 1 heterocycles. The Kier molecular flexibility index (Phi) is 11.0. The lowest BCUT2D eigenvalue weighted by Gasteiger charge is -2.33. The van der Waals surface area contributed by atoms with Crippen molar-refractivity contribution >= 4 is 27.9 Å². The third kappa shape index (κ3) is 9.27. The Balaban J connectivity index is 1.61. The average Bonchev–Trinajstić information content (AvgIpc) is 2.95. The highest BCUT2D eigenvalue weighted by Crippen LogP contribution is 2.34. The van der Waals surface area contributed by atoms with E-state index >= 15 is 0 Å². The first-order chi connectivity index (χ1) is 20.8. The predicted octanol–water partition coefficient (Wildman–Crippen LogP) is 5.55. The summed E-state index contributed by atoms with van der Waals surface area (Å²) < 4.78 is 26.8. The second-order valence-corrected chi connectivity index (χ2v) is 13.2. The van der Waals surface area contributed by atoms with Crippen molar-refractivity contribution in [3.8, 4) is 5.75 Å². The maximum absolute atomic E-state index is 14.8. The molecule has 0 fully saturated rings. The molecule has 1 aliphatic rings. The van der Waals surface area contributed by atoms with Crippen molar-refractivity contribution in [1.29, 1.82) is 0 Å². The predicted molar refractivity (Wildman–Crippen MR) is 169 cm³/mol. The number of aryl methyl sites for hydroxylation is 1. The minimum Gasteiger partial charge on any atom is -0.490 e. The summed E-state index contributed by atoms with van der Waals surface area (Å²) in [6.07, 6.45) is -2.77. The van der Waals surface area contributed by atoms with E-state index in [9.17, 15) is 24.2 Å². The van der Waals surface area contributed by atoms with E-state index in [4.69, 9.17) is 9.47 Å². The number of carbonyl (C=O) groups excluding carboxylic acids is 2. The zero-order valence-corrected chi connectivity index (χ0v) is 26.9. The van der Waals surface area contributed by atoms with Crippen molar-refractivity contribution in [1.82, 2.24) is 10.6 Å². The number of benzene rings is 3. The van der Waals surface area contributed by atoms with E-state index in [-0.39, 0.29) is 25.9 Å². The standard InChI is InChI=1S/C34H40BrFN2O6/c1-20-9-14-30-25(15-20)31(29(40)19-43-30)38-32(41)23(17-22-7-5-6-8-26(22)36)18-28(39)27(37-33(42)44-34(2,3)4)16-21-10-12-24(35)13-11-21/h5-15,23,27-29,31,39-40H,16-19H2,1-4H3,(H,37,42)(H,38,41)/t23-,27+,28+,29-,31+/m1/s1. The fourth-order valence-corrected chi connectivity index (χ4v) is 5.52. The second-order valence-electron chi connectivity index (χ2n) is 12.3. The SMILES string of the molecule is Cc1ccc2c(c1)[C@H](NC(=O)[C@H](Cc1ccccc1F)C[C@H](O)[C@H](Cc1ccc(Br)cc1)NC(=O)OC(C)(C)C)[C@H](O)CO2. The van der Waals surface area contributed by atoms with E-state index in [0.717, 1.165) is 15.6 Å². The Labute approximate surface area is 266 Å². The molecule has 8 nitrogen and oxygen atoms in total. The summed E-state index contributed by atoms with van der Waals surface area (Å²) in [5.41, 5.74) is 1.97.